The zero-order chi connectivity index (χ0) is 79.1. The topological polar surface area (TPSA) is 0 Å². The maximum Gasteiger partial charge on any atom is -0.0103 e. The molecule has 0 spiro atoms. The summed E-state index contributed by atoms with van der Waals surface area (Å²) >= 11 is 0. The van der Waals surface area contributed by atoms with E-state index >= 15 is 0 Å². The monoisotopic (exact) mass is 1480 g/mol. The van der Waals surface area contributed by atoms with Crippen molar-refractivity contribution in [2.24, 2.45) is 0 Å². The Kier molecular flexibility index (Phi) is 25.8. The SMILES string of the molecule is Cc1ccc(-c2cccc3ccccc23)cc1.Cc1ccc2ccccc2c1.Cc1cccc(-c2cccc3ccccc23)c1.Cc1cccc(-c2ccccc2-c2cccc(-c3ccccc3)c2)c1.Cc1cccc2c(-c3ccccc3)cccc12.Cc1cccc2ccccc12.Cc1ccccc1-c1cccc2ccccc12. The van der Waals surface area contributed by atoms with E-state index in [9.17, 15) is 0 Å². The lowest BCUT2D eigenvalue weighted by molar-refractivity contribution is 1.46. The van der Waals surface area contributed by atoms with Gasteiger partial charge in [-0.25, -0.2) is 0 Å². The van der Waals surface area contributed by atoms with Gasteiger partial charge < -0.3 is 0 Å². The fourth-order valence-corrected chi connectivity index (χ4v) is 15.2. The number of rotatable bonds is 7. The number of hydrogen-bond acceptors (Lipinski definition) is 0. The van der Waals surface area contributed by atoms with Gasteiger partial charge in [-0.1, -0.05) is 471 Å². The van der Waals surface area contributed by atoms with Crippen molar-refractivity contribution in [2.45, 2.75) is 48.5 Å². The summed E-state index contributed by atoms with van der Waals surface area (Å²) in [5.41, 5.74) is 27.2. The third-order valence-electron chi connectivity index (χ3n) is 21.2. The van der Waals surface area contributed by atoms with Crippen LogP contribution < -0.4 is 0 Å². The van der Waals surface area contributed by atoms with Crippen molar-refractivity contribution in [3.63, 3.8) is 0 Å². The van der Waals surface area contributed by atoms with Crippen molar-refractivity contribution in [1.82, 2.24) is 0 Å². The molecule has 0 saturated heterocycles. The molecule has 0 fully saturated rings. The molecule has 0 saturated carbocycles. The van der Waals surface area contributed by atoms with E-state index in [1.54, 1.807) is 0 Å². The minimum Gasteiger partial charge on any atom is -0.0622 e. The van der Waals surface area contributed by atoms with E-state index in [2.05, 4.69) is 503 Å². The molecule has 0 nitrogen and oxygen atoms in total. The van der Waals surface area contributed by atoms with Gasteiger partial charge in [0.05, 0.1) is 0 Å². The molecule has 0 heterocycles. The first-order chi connectivity index (χ1) is 56.5. The largest absolute Gasteiger partial charge is 0.0622 e. The maximum absolute atomic E-state index is 2.28. The quantitative estimate of drug-likeness (QED) is 0.149. The van der Waals surface area contributed by atoms with Gasteiger partial charge in [0.25, 0.3) is 0 Å². The van der Waals surface area contributed by atoms with Crippen LogP contribution in [-0.4, -0.2) is 0 Å². The normalized spacial score (nSPS) is 10.6. The zero-order valence-electron chi connectivity index (χ0n) is 66.8. The summed E-state index contributed by atoms with van der Waals surface area (Å²) in [6.45, 7) is 15.0. The van der Waals surface area contributed by atoms with Crippen LogP contribution in [0.4, 0.5) is 0 Å². The molecule has 0 amide bonds. The predicted octanol–water partition coefficient (Wildman–Crippen LogP) is 32.6. The molecule has 0 heteroatoms. The van der Waals surface area contributed by atoms with E-state index in [1.807, 2.05) is 0 Å². The van der Waals surface area contributed by atoms with Gasteiger partial charge in [0.1, 0.15) is 0 Å². The van der Waals surface area contributed by atoms with Gasteiger partial charge in [0, 0.05) is 0 Å². The molecule has 0 aliphatic carbocycles. The van der Waals surface area contributed by atoms with Crippen molar-refractivity contribution >= 4 is 64.6 Å². The molecule has 0 aromatic heterocycles. The van der Waals surface area contributed by atoms with E-state index in [-0.39, 0.29) is 0 Å². The number of hydrogen-bond donors (Lipinski definition) is 0. The minimum atomic E-state index is 1.25. The fourth-order valence-electron chi connectivity index (χ4n) is 15.2. The lowest BCUT2D eigenvalue weighted by Crippen LogP contribution is -1.86. The highest BCUT2D eigenvalue weighted by molar-refractivity contribution is 6.01. The van der Waals surface area contributed by atoms with Gasteiger partial charge in [0.2, 0.25) is 0 Å². The molecule has 20 aromatic carbocycles. The third kappa shape index (κ3) is 19.8. The van der Waals surface area contributed by atoms with Gasteiger partial charge >= 0.3 is 0 Å². The Hall–Kier alpha value is -14.0. The molecule has 115 heavy (non-hydrogen) atoms. The van der Waals surface area contributed by atoms with Gasteiger partial charge in [-0.15, -0.1) is 0 Å². The Morgan fingerprint density at radius 3 is 0.957 bits per heavy atom. The first kappa shape index (κ1) is 77.7. The highest BCUT2D eigenvalue weighted by Crippen LogP contribution is 2.37. The van der Waals surface area contributed by atoms with Crippen LogP contribution in [0, 0.1) is 48.5 Å². The van der Waals surface area contributed by atoms with Crippen LogP contribution in [-0.2, 0) is 0 Å². The highest BCUT2D eigenvalue weighted by Gasteiger charge is 2.11. The molecule has 0 aliphatic heterocycles. The lowest BCUT2D eigenvalue weighted by Gasteiger charge is -2.12. The van der Waals surface area contributed by atoms with Gasteiger partial charge in [-0.2, -0.15) is 0 Å². The molecule has 20 aromatic rings. The van der Waals surface area contributed by atoms with Crippen molar-refractivity contribution in [3.8, 4) is 77.9 Å². The van der Waals surface area contributed by atoms with Gasteiger partial charge in [-0.3, -0.25) is 0 Å². The van der Waals surface area contributed by atoms with E-state index in [0.717, 1.165) is 0 Å². The highest BCUT2D eigenvalue weighted by atomic mass is 14.2. The second-order valence-electron chi connectivity index (χ2n) is 29.5. The minimum absolute atomic E-state index is 1.25. The van der Waals surface area contributed by atoms with Crippen LogP contribution in [0.5, 0.6) is 0 Å². The predicted molar refractivity (Wildman–Crippen MR) is 501 cm³/mol. The van der Waals surface area contributed by atoms with Crippen LogP contribution in [0.25, 0.3) is 143 Å². The summed E-state index contributed by atoms with van der Waals surface area (Å²) < 4.78 is 0. The van der Waals surface area contributed by atoms with E-state index in [4.69, 9.17) is 0 Å². The van der Waals surface area contributed by atoms with Gasteiger partial charge in [0.15, 0.2) is 0 Å². The summed E-state index contributed by atoms with van der Waals surface area (Å²) in [5.74, 6) is 0. The molecule has 0 atom stereocenters. The van der Waals surface area contributed by atoms with Crippen molar-refractivity contribution in [2.75, 3.05) is 0 Å². The Balaban J connectivity index is 0.000000112. The lowest BCUT2D eigenvalue weighted by atomic mass is 9.92. The molecular weight excluding hydrogens is 1380 g/mol. The summed E-state index contributed by atoms with van der Waals surface area (Å²) in [5, 5.41) is 15.9. The smallest absolute Gasteiger partial charge is 0.0103 e. The maximum atomic E-state index is 2.28. The first-order valence-corrected chi connectivity index (χ1v) is 39.9. The molecule has 0 bridgehead atoms. The second-order valence-corrected chi connectivity index (χ2v) is 29.5. The summed E-state index contributed by atoms with van der Waals surface area (Å²) in [7, 11) is 0. The Morgan fingerprint density at radius 2 is 0.409 bits per heavy atom. The van der Waals surface area contributed by atoms with Crippen molar-refractivity contribution in [1.29, 1.82) is 0 Å². The molecule has 0 aliphatic rings. The van der Waals surface area contributed by atoms with Crippen LogP contribution in [0.15, 0.2) is 455 Å². The average molecular weight is 1480 g/mol. The van der Waals surface area contributed by atoms with Crippen molar-refractivity contribution in [3.05, 3.63) is 494 Å². The van der Waals surface area contributed by atoms with E-state index < -0.39 is 0 Å². The zero-order valence-corrected chi connectivity index (χ0v) is 66.8. The summed E-state index contributed by atoms with van der Waals surface area (Å²) in [6, 6.07) is 161. The second kappa shape index (κ2) is 38.3. The molecule has 0 radical (unpaired) electrons. The summed E-state index contributed by atoms with van der Waals surface area (Å²) in [4.78, 5) is 0. The fraction of sp³-hybridized carbons (Fsp3) is 0.0609. The standard InChI is InChI=1S/C25H20.4C17H14.2C11H10/c1-19-9-7-13-22(17-19)24-15-5-6-16-25(24)23-14-8-12-21(18-23)20-10-3-2-4-11-20;1-13-7-2-4-10-15(13)17-12-6-9-14-8-3-5-11-16(14)17;1-13-6-4-9-15(12-13)17-11-5-8-14-7-2-3-10-16(14)17;1-13-9-11-15(12-10-13)17-8-4-6-14-5-2-3-7-16(14)17;1-13-7-5-12-17-15(13)10-6-11-16(17)14-8-3-2-4-9-14;1-9-5-4-7-10-6-2-3-8-11(9)10;1-9-6-7-10-4-2-3-5-11(10)8-9/h2-18H,1H3;4*2-12H,1H3;2*2-8H,1H3. The van der Waals surface area contributed by atoms with Crippen LogP contribution >= 0.6 is 0 Å². The molecule has 20 rings (SSSR count). The Morgan fingerprint density at radius 1 is 0.113 bits per heavy atom. The third-order valence-corrected chi connectivity index (χ3v) is 21.2. The van der Waals surface area contributed by atoms with Crippen LogP contribution in [0.3, 0.4) is 0 Å². The van der Waals surface area contributed by atoms with Gasteiger partial charge in [-0.05, 0) is 214 Å². The van der Waals surface area contributed by atoms with E-state index in [0.29, 0.717) is 0 Å². The molecule has 0 unspecified atom stereocenters. The Bertz CT molecular complexity index is 6570. The van der Waals surface area contributed by atoms with Crippen LogP contribution in [0.2, 0.25) is 0 Å². The first-order valence-electron chi connectivity index (χ1n) is 39.9. The number of aryl methyl sites for hydroxylation is 7. The molecule has 556 valence electrons. The average Bonchev–Trinajstić information content (AvgIpc) is 0.814. The van der Waals surface area contributed by atoms with Crippen molar-refractivity contribution < 1.29 is 0 Å². The molecular formula is C115H96. The van der Waals surface area contributed by atoms with Crippen LogP contribution in [0.1, 0.15) is 38.9 Å². The number of fused-ring (bicyclic) bond motifs is 6. The van der Waals surface area contributed by atoms with E-state index in [1.165, 1.54) is 181 Å². The Labute approximate surface area is 680 Å². The summed E-state index contributed by atoms with van der Waals surface area (Å²) in [6.07, 6.45) is 0. The number of benzene rings is 20. The molecule has 0 N–H and O–H groups in total.